The monoisotopic (exact) mass is 431 g/mol. The highest BCUT2D eigenvalue weighted by Crippen LogP contribution is 2.26. The minimum absolute atomic E-state index is 0.119. The third-order valence-electron chi connectivity index (χ3n) is 3.39. The maximum Gasteiger partial charge on any atom is 0.242 e. The Balaban J connectivity index is 1.69. The van der Waals surface area contributed by atoms with E-state index in [9.17, 15) is 8.42 Å². The summed E-state index contributed by atoms with van der Waals surface area (Å²) in [6.45, 7) is -0.155. The molecule has 1 N–H and O–H groups in total. The van der Waals surface area contributed by atoms with Crippen LogP contribution in [0.5, 0.6) is 0 Å². The van der Waals surface area contributed by atoms with Crippen LogP contribution in [0.4, 0.5) is 0 Å². The van der Waals surface area contributed by atoms with Crippen LogP contribution in [-0.4, -0.2) is 18.6 Å². The number of nitrogens with zero attached hydrogens (tertiary/aromatic N) is 2. The summed E-state index contributed by atoms with van der Waals surface area (Å²) in [4.78, 5) is 4.15. The summed E-state index contributed by atoms with van der Waals surface area (Å²) in [6, 6.07) is 11.7. The lowest BCUT2D eigenvalue weighted by atomic mass is 10.2. The van der Waals surface area contributed by atoms with Crippen molar-refractivity contribution in [2.45, 2.75) is 12.3 Å². The molecule has 0 atom stereocenters. The van der Waals surface area contributed by atoms with Gasteiger partial charge in [-0.05, 0) is 24.3 Å². The van der Waals surface area contributed by atoms with Crippen molar-refractivity contribution < 1.29 is 12.9 Å². The minimum atomic E-state index is -3.71. The Morgan fingerprint density at radius 1 is 1.04 bits per heavy atom. The van der Waals surface area contributed by atoms with E-state index in [0.717, 1.165) is 0 Å². The third kappa shape index (κ3) is 4.75. The van der Waals surface area contributed by atoms with Gasteiger partial charge >= 0.3 is 0 Å². The zero-order valence-electron chi connectivity index (χ0n) is 13.1. The van der Waals surface area contributed by atoms with E-state index in [1.54, 1.807) is 42.5 Å². The standard InChI is InChI=1S/C16H12Cl3N3O3S/c17-11-4-1-3-10(7-11)16-21-15(25-22-16)8-20-26(23,24)9-12-13(18)5-2-6-14(12)19/h1-7,20H,8-9H2. The fourth-order valence-corrected chi connectivity index (χ4v) is 4.17. The van der Waals surface area contributed by atoms with Gasteiger partial charge in [-0.3, -0.25) is 0 Å². The van der Waals surface area contributed by atoms with Crippen LogP contribution in [0.1, 0.15) is 11.5 Å². The van der Waals surface area contributed by atoms with Crippen LogP contribution in [0.15, 0.2) is 47.0 Å². The molecule has 3 aromatic rings. The fourth-order valence-electron chi connectivity index (χ4n) is 2.15. The minimum Gasteiger partial charge on any atom is -0.338 e. The molecule has 0 aliphatic rings. The Bertz CT molecular complexity index is 1020. The Morgan fingerprint density at radius 3 is 2.42 bits per heavy atom. The second kappa shape index (κ2) is 7.94. The normalized spacial score (nSPS) is 11.7. The van der Waals surface area contributed by atoms with E-state index in [1.165, 1.54) is 0 Å². The van der Waals surface area contributed by atoms with Gasteiger partial charge in [0, 0.05) is 26.2 Å². The van der Waals surface area contributed by atoms with Gasteiger partial charge in [0.1, 0.15) is 0 Å². The van der Waals surface area contributed by atoms with Gasteiger partial charge in [0.15, 0.2) is 0 Å². The zero-order chi connectivity index (χ0) is 18.7. The van der Waals surface area contributed by atoms with Crippen molar-refractivity contribution in [3.05, 3.63) is 69.0 Å². The SMILES string of the molecule is O=S(=O)(Cc1c(Cl)cccc1Cl)NCc1nc(-c2cccc(Cl)c2)no1. The molecular weight excluding hydrogens is 421 g/mol. The molecule has 0 aliphatic heterocycles. The van der Waals surface area contributed by atoms with Crippen molar-refractivity contribution in [2.75, 3.05) is 0 Å². The van der Waals surface area contributed by atoms with Gasteiger partial charge in [-0.25, -0.2) is 13.1 Å². The number of benzene rings is 2. The van der Waals surface area contributed by atoms with Crippen LogP contribution in [0.3, 0.4) is 0 Å². The average molecular weight is 433 g/mol. The first-order valence-electron chi connectivity index (χ1n) is 7.33. The van der Waals surface area contributed by atoms with E-state index in [-0.39, 0.29) is 28.2 Å². The average Bonchev–Trinajstić information content (AvgIpc) is 3.06. The van der Waals surface area contributed by atoms with Gasteiger partial charge in [-0.1, -0.05) is 58.2 Å². The van der Waals surface area contributed by atoms with Gasteiger partial charge in [-0.2, -0.15) is 4.98 Å². The largest absolute Gasteiger partial charge is 0.338 e. The van der Waals surface area contributed by atoms with E-state index in [0.29, 0.717) is 22.0 Å². The highest BCUT2D eigenvalue weighted by molar-refractivity contribution is 7.88. The zero-order valence-corrected chi connectivity index (χ0v) is 16.2. The molecule has 26 heavy (non-hydrogen) atoms. The first kappa shape index (κ1) is 19.1. The van der Waals surface area contributed by atoms with Gasteiger partial charge < -0.3 is 4.52 Å². The van der Waals surface area contributed by atoms with Crippen LogP contribution >= 0.6 is 34.8 Å². The molecule has 0 spiro atoms. The molecular formula is C16H12Cl3N3O3S. The number of hydrogen-bond donors (Lipinski definition) is 1. The van der Waals surface area contributed by atoms with E-state index >= 15 is 0 Å². The lowest BCUT2D eigenvalue weighted by Gasteiger charge is -2.08. The maximum absolute atomic E-state index is 12.3. The van der Waals surface area contributed by atoms with Crippen molar-refractivity contribution in [1.29, 1.82) is 0 Å². The number of halogens is 3. The van der Waals surface area contributed by atoms with Crippen LogP contribution in [-0.2, 0) is 22.3 Å². The first-order valence-corrected chi connectivity index (χ1v) is 10.1. The summed E-state index contributed by atoms with van der Waals surface area (Å²) in [5, 5.41) is 4.91. The molecule has 0 amide bonds. The smallest absolute Gasteiger partial charge is 0.242 e. The molecule has 1 aromatic heterocycles. The van der Waals surface area contributed by atoms with Gasteiger partial charge in [-0.15, -0.1) is 0 Å². The van der Waals surface area contributed by atoms with Crippen LogP contribution in [0.25, 0.3) is 11.4 Å². The summed E-state index contributed by atoms with van der Waals surface area (Å²) in [5.74, 6) is 0.0745. The molecule has 2 aromatic carbocycles. The molecule has 136 valence electrons. The molecule has 0 saturated heterocycles. The number of hydrogen-bond acceptors (Lipinski definition) is 5. The van der Waals surface area contributed by atoms with Crippen LogP contribution in [0, 0.1) is 0 Å². The van der Waals surface area contributed by atoms with Crippen LogP contribution in [0.2, 0.25) is 15.1 Å². The van der Waals surface area contributed by atoms with Gasteiger partial charge in [0.25, 0.3) is 0 Å². The molecule has 3 rings (SSSR count). The number of sulfonamides is 1. The predicted molar refractivity (Wildman–Crippen MR) is 101 cm³/mol. The number of nitrogens with one attached hydrogen (secondary N) is 1. The summed E-state index contributed by atoms with van der Waals surface area (Å²) in [7, 11) is -3.71. The summed E-state index contributed by atoms with van der Waals surface area (Å²) >= 11 is 17.9. The van der Waals surface area contributed by atoms with Crippen molar-refractivity contribution >= 4 is 44.8 Å². The van der Waals surface area contributed by atoms with Gasteiger partial charge in [0.2, 0.25) is 21.7 Å². The van der Waals surface area contributed by atoms with Crippen LogP contribution < -0.4 is 4.72 Å². The molecule has 6 nitrogen and oxygen atoms in total. The Kier molecular flexibility index (Phi) is 5.84. The Labute approximate surface area is 165 Å². The van der Waals surface area contributed by atoms with E-state index in [1.807, 2.05) is 0 Å². The molecule has 0 unspecified atom stereocenters. The summed E-state index contributed by atoms with van der Waals surface area (Å²) < 4.78 is 32.0. The Morgan fingerprint density at radius 2 is 1.73 bits per heavy atom. The lowest BCUT2D eigenvalue weighted by Crippen LogP contribution is -2.25. The van der Waals surface area contributed by atoms with Crippen molar-refractivity contribution in [2.24, 2.45) is 0 Å². The highest BCUT2D eigenvalue weighted by atomic mass is 35.5. The molecule has 0 aliphatic carbocycles. The summed E-state index contributed by atoms with van der Waals surface area (Å²) in [5.41, 5.74) is 0.992. The molecule has 0 saturated carbocycles. The fraction of sp³-hybridized carbons (Fsp3) is 0.125. The van der Waals surface area contributed by atoms with Crippen molar-refractivity contribution in [1.82, 2.24) is 14.9 Å². The molecule has 0 fully saturated rings. The van der Waals surface area contributed by atoms with E-state index in [2.05, 4.69) is 14.9 Å². The maximum atomic E-state index is 12.3. The number of aromatic nitrogens is 2. The third-order valence-corrected chi connectivity index (χ3v) is 5.59. The first-order chi connectivity index (χ1) is 12.3. The highest BCUT2D eigenvalue weighted by Gasteiger charge is 2.18. The molecule has 10 heteroatoms. The van der Waals surface area contributed by atoms with E-state index < -0.39 is 10.0 Å². The molecule has 0 radical (unpaired) electrons. The summed E-state index contributed by atoms with van der Waals surface area (Å²) in [6.07, 6.45) is 0. The molecule has 0 bridgehead atoms. The lowest BCUT2D eigenvalue weighted by molar-refractivity contribution is 0.376. The second-order valence-electron chi connectivity index (χ2n) is 5.30. The Hall–Kier alpha value is -1.64. The topological polar surface area (TPSA) is 85.1 Å². The molecule has 1 heterocycles. The van der Waals surface area contributed by atoms with E-state index in [4.69, 9.17) is 39.3 Å². The van der Waals surface area contributed by atoms with Crippen molar-refractivity contribution in [3.8, 4) is 11.4 Å². The van der Waals surface area contributed by atoms with Crippen molar-refractivity contribution in [3.63, 3.8) is 0 Å². The second-order valence-corrected chi connectivity index (χ2v) is 8.36. The quantitative estimate of drug-likeness (QED) is 0.627. The predicted octanol–water partition coefficient (Wildman–Crippen LogP) is 4.32. The van der Waals surface area contributed by atoms with Gasteiger partial charge in [0.05, 0.1) is 12.3 Å². The number of rotatable bonds is 6.